The van der Waals surface area contributed by atoms with Crippen molar-refractivity contribution in [3.05, 3.63) is 231 Å². The number of fused-ring (bicyclic) bond motifs is 11. The van der Waals surface area contributed by atoms with E-state index in [1.165, 1.54) is 54.2 Å². The fourth-order valence-corrected chi connectivity index (χ4v) is 9.48. The van der Waals surface area contributed by atoms with Crippen LogP contribution in [0, 0.1) is 0 Å². The summed E-state index contributed by atoms with van der Waals surface area (Å²) in [5.74, 6) is 0. The summed E-state index contributed by atoms with van der Waals surface area (Å²) >= 11 is 0. The normalized spacial score (nSPS) is 11.6. The highest BCUT2D eigenvalue weighted by Gasteiger charge is 2.22. The molecule has 12 rings (SSSR count). The van der Waals surface area contributed by atoms with Crippen LogP contribution in [0.4, 0.5) is 34.1 Å². The first kappa shape index (κ1) is 34.9. The number of nitrogens with zero attached hydrogens (tertiary/aromatic N) is 2. The van der Waals surface area contributed by atoms with Crippen molar-refractivity contribution in [3.8, 4) is 11.1 Å². The molecule has 0 saturated heterocycles. The van der Waals surface area contributed by atoms with Crippen LogP contribution >= 0.6 is 0 Å². The van der Waals surface area contributed by atoms with E-state index in [1.807, 2.05) is 12.1 Å². The molecule has 1 aromatic heterocycles. The fraction of sp³-hybridized carbons (Fsp3) is 0. The highest BCUT2D eigenvalue weighted by Crippen LogP contribution is 2.47. The quantitative estimate of drug-likeness (QED) is 0.150. The van der Waals surface area contributed by atoms with E-state index in [0.717, 1.165) is 56.1 Å². The minimum absolute atomic E-state index is 0.873. The maximum atomic E-state index is 6.60. The van der Waals surface area contributed by atoms with Crippen molar-refractivity contribution in [2.45, 2.75) is 0 Å². The first-order valence-electron chi connectivity index (χ1n) is 20.8. The van der Waals surface area contributed by atoms with Gasteiger partial charge in [0.25, 0.3) is 0 Å². The number of furan rings is 1. The van der Waals surface area contributed by atoms with Crippen LogP contribution < -0.4 is 9.80 Å². The summed E-state index contributed by atoms with van der Waals surface area (Å²) in [6, 6.07) is 82.8. The van der Waals surface area contributed by atoms with Gasteiger partial charge in [-0.15, -0.1) is 0 Å². The zero-order chi connectivity index (χ0) is 40.3. The van der Waals surface area contributed by atoms with Crippen LogP contribution in [0.2, 0.25) is 0 Å². The predicted molar refractivity (Wildman–Crippen MR) is 259 cm³/mol. The van der Waals surface area contributed by atoms with Crippen LogP contribution in [0.3, 0.4) is 0 Å². The second-order valence-electron chi connectivity index (χ2n) is 15.6. The molecule has 12 aromatic rings. The third kappa shape index (κ3) is 5.74. The standard InChI is InChI=1S/C58H38N2O/c1-4-17-39(18-5-1)45-23-12-14-28-54(45)59(41-19-6-2-7-20-41)44-33-36-48-51-34-31-40-37-43(32-35-46(40)57(51)50-26-11-10-24-47(50)53(48)38-44)60(42-21-8-3-9-22-42)55-29-16-27-52-49-25-13-15-30-56(49)61-58(52)55/h1-38H. The zero-order valence-corrected chi connectivity index (χ0v) is 33.2. The SMILES string of the molecule is c1ccc(-c2ccccc2N(c2ccccc2)c2ccc3c(c2)c2ccccc2c2c4ccc(N(c5ccccc5)c5cccc6c5oc5ccccc56)cc4ccc32)cc1. The largest absolute Gasteiger partial charge is 0.454 e. The smallest absolute Gasteiger partial charge is 0.159 e. The van der Waals surface area contributed by atoms with E-state index in [0.29, 0.717) is 0 Å². The molecule has 0 aliphatic rings. The van der Waals surface area contributed by atoms with E-state index in [1.54, 1.807) is 0 Å². The Morgan fingerprint density at radius 3 is 1.59 bits per heavy atom. The molecule has 0 unspecified atom stereocenters. The molecular weight excluding hydrogens is 741 g/mol. The van der Waals surface area contributed by atoms with Gasteiger partial charge in [0.2, 0.25) is 0 Å². The minimum atomic E-state index is 0.873. The predicted octanol–water partition coefficient (Wildman–Crippen LogP) is 16.8. The lowest BCUT2D eigenvalue weighted by Crippen LogP contribution is -2.11. The second kappa shape index (κ2) is 14.3. The van der Waals surface area contributed by atoms with Crippen LogP contribution in [0.5, 0.6) is 0 Å². The number of benzene rings is 11. The lowest BCUT2D eigenvalue weighted by Gasteiger charge is -2.28. The number of hydrogen-bond acceptors (Lipinski definition) is 3. The monoisotopic (exact) mass is 778 g/mol. The van der Waals surface area contributed by atoms with Crippen LogP contribution in [0.15, 0.2) is 235 Å². The van der Waals surface area contributed by atoms with Crippen molar-refractivity contribution < 1.29 is 4.42 Å². The van der Waals surface area contributed by atoms with Crippen molar-refractivity contribution >= 4 is 99.2 Å². The summed E-state index contributed by atoms with van der Waals surface area (Å²) in [6.07, 6.45) is 0. The summed E-state index contributed by atoms with van der Waals surface area (Å²) in [5, 5.41) is 12.1. The summed E-state index contributed by atoms with van der Waals surface area (Å²) in [6.45, 7) is 0. The molecule has 0 atom stereocenters. The molecule has 3 nitrogen and oxygen atoms in total. The molecule has 0 radical (unpaired) electrons. The Kier molecular flexibility index (Phi) is 8.17. The van der Waals surface area contributed by atoms with Gasteiger partial charge in [0.15, 0.2) is 5.58 Å². The van der Waals surface area contributed by atoms with E-state index in [4.69, 9.17) is 4.42 Å². The van der Waals surface area contributed by atoms with Gasteiger partial charge in [-0.3, -0.25) is 0 Å². The molecule has 286 valence electrons. The molecule has 0 N–H and O–H groups in total. The molecule has 0 fully saturated rings. The number of para-hydroxylation sites is 5. The van der Waals surface area contributed by atoms with Gasteiger partial charge in [-0.1, -0.05) is 164 Å². The maximum Gasteiger partial charge on any atom is 0.159 e. The average Bonchev–Trinajstić information content (AvgIpc) is 3.72. The summed E-state index contributed by atoms with van der Waals surface area (Å²) in [7, 11) is 0. The molecular formula is C58H38N2O. The van der Waals surface area contributed by atoms with Crippen LogP contribution in [0.1, 0.15) is 0 Å². The van der Waals surface area contributed by atoms with E-state index in [-0.39, 0.29) is 0 Å². The third-order valence-electron chi connectivity index (χ3n) is 12.2. The fourth-order valence-electron chi connectivity index (χ4n) is 9.48. The molecule has 0 spiro atoms. The molecule has 1 heterocycles. The van der Waals surface area contributed by atoms with Crippen LogP contribution in [-0.4, -0.2) is 0 Å². The second-order valence-corrected chi connectivity index (χ2v) is 15.6. The third-order valence-corrected chi connectivity index (χ3v) is 12.2. The molecule has 0 aliphatic heterocycles. The van der Waals surface area contributed by atoms with Gasteiger partial charge < -0.3 is 14.2 Å². The molecule has 0 aliphatic carbocycles. The Morgan fingerprint density at radius 1 is 0.295 bits per heavy atom. The number of anilines is 6. The number of rotatable bonds is 7. The van der Waals surface area contributed by atoms with Gasteiger partial charge in [-0.25, -0.2) is 0 Å². The van der Waals surface area contributed by atoms with Crippen molar-refractivity contribution in [2.24, 2.45) is 0 Å². The van der Waals surface area contributed by atoms with E-state index < -0.39 is 0 Å². The highest BCUT2D eigenvalue weighted by molar-refractivity contribution is 6.32. The van der Waals surface area contributed by atoms with Crippen molar-refractivity contribution in [1.29, 1.82) is 0 Å². The first-order chi connectivity index (χ1) is 30.3. The maximum absolute atomic E-state index is 6.60. The Bertz CT molecular complexity index is 3580. The van der Waals surface area contributed by atoms with Crippen LogP contribution in [-0.2, 0) is 0 Å². The van der Waals surface area contributed by atoms with Crippen molar-refractivity contribution in [1.82, 2.24) is 0 Å². The Morgan fingerprint density at radius 2 is 0.820 bits per heavy atom. The van der Waals surface area contributed by atoms with Gasteiger partial charge in [0.1, 0.15) is 5.58 Å². The average molecular weight is 779 g/mol. The lowest BCUT2D eigenvalue weighted by atomic mass is 9.90. The molecule has 0 bridgehead atoms. The van der Waals surface area contributed by atoms with Gasteiger partial charge in [-0.2, -0.15) is 0 Å². The summed E-state index contributed by atoms with van der Waals surface area (Å²) in [5.41, 5.74) is 10.6. The highest BCUT2D eigenvalue weighted by atomic mass is 16.3. The Labute approximate surface area is 353 Å². The zero-order valence-electron chi connectivity index (χ0n) is 33.2. The first-order valence-corrected chi connectivity index (χ1v) is 20.8. The van der Waals surface area contributed by atoms with Crippen molar-refractivity contribution in [3.63, 3.8) is 0 Å². The van der Waals surface area contributed by atoms with E-state index >= 15 is 0 Å². The molecule has 3 heteroatoms. The van der Waals surface area contributed by atoms with Gasteiger partial charge in [0, 0.05) is 39.1 Å². The van der Waals surface area contributed by atoms with Crippen LogP contribution in [0.25, 0.3) is 76.2 Å². The van der Waals surface area contributed by atoms with Crippen molar-refractivity contribution in [2.75, 3.05) is 9.80 Å². The Hall–Kier alpha value is -8.14. The summed E-state index contributed by atoms with van der Waals surface area (Å²) in [4.78, 5) is 4.72. The lowest BCUT2D eigenvalue weighted by molar-refractivity contribution is 0.669. The van der Waals surface area contributed by atoms with Gasteiger partial charge in [-0.05, 0) is 115 Å². The minimum Gasteiger partial charge on any atom is -0.454 e. The van der Waals surface area contributed by atoms with E-state index in [9.17, 15) is 0 Å². The molecule has 0 saturated carbocycles. The number of hydrogen-bond donors (Lipinski definition) is 0. The Balaban J connectivity index is 1.05. The molecule has 11 aromatic carbocycles. The topological polar surface area (TPSA) is 19.6 Å². The van der Waals surface area contributed by atoms with Gasteiger partial charge in [0.05, 0.1) is 11.4 Å². The van der Waals surface area contributed by atoms with E-state index in [2.05, 4.69) is 228 Å². The molecule has 61 heavy (non-hydrogen) atoms. The summed E-state index contributed by atoms with van der Waals surface area (Å²) < 4.78 is 6.60. The molecule has 0 amide bonds. The van der Waals surface area contributed by atoms with Gasteiger partial charge >= 0.3 is 0 Å².